The molecule has 0 saturated carbocycles. The fraction of sp³-hybridized carbons (Fsp3) is 0.688. The van der Waals surface area contributed by atoms with Crippen molar-refractivity contribution in [2.45, 2.75) is 65.0 Å². The summed E-state index contributed by atoms with van der Waals surface area (Å²) in [7, 11) is 0. The third-order valence-corrected chi connectivity index (χ3v) is 3.48. The molecule has 1 N–H and O–H groups in total. The second kappa shape index (κ2) is 7.60. The minimum atomic E-state index is 0.280. The number of nitrogens with zero attached hydrogens (tertiary/aromatic N) is 1. The van der Waals surface area contributed by atoms with Crippen LogP contribution in [0.25, 0.3) is 0 Å². The molecule has 112 valence electrons. The van der Waals surface area contributed by atoms with Gasteiger partial charge in [0.1, 0.15) is 5.82 Å². The summed E-state index contributed by atoms with van der Waals surface area (Å²) in [6, 6.07) is 6.04. The van der Waals surface area contributed by atoms with Crippen LogP contribution in [0.4, 0.5) is 5.82 Å². The van der Waals surface area contributed by atoms with E-state index >= 15 is 0 Å². The van der Waals surface area contributed by atoms with Crippen LogP contribution in [0.5, 0.6) is 0 Å². The number of aromatic nitrogens is 1. The SMILES string of the molecule is CCCNc1cccc(COC2CC(C)OC(C)C2)n1. The zero-order valence-electron chi connectivity index (χ0n) is 12.8. The van der Waals surface area contributed by atoms with Gasteiger partial charge in [-0.2, -0.15) is 0 Å². The Balaban J connectivity index is 1.84. The third-order valence-electron chi connectivity index (χ3n) is 3.48. The monoisotopic (exact) mass is 278 g/mol. The lowest BCUT2D eigenvalue weighted by molar-refractivity contribution is -0.106. The number of nitrogens with one attached hydrogen (secondary N) is 1. The Bertz CT molecular complexity index is 401. The zero-order valence-corrected chi connectivity index (χ0v) is 12.8. The second-order valence-corrected chi connectivity index (χ2v) is 5.60. The van der Waals surface area contributed by atoms with E-state index in [4.69, 9.17) is 9.47 Å². The molecule has 1 saturated heterocycles. The largest absolute Gasteiger partial charge is 0.375 e. The number of ether oxygens (including phenoxy) is 2. The van der Waals surface area contributed by atoms with Gasteiger partial charge in [0.15, 0.2) is 0 Å². The van der Waals surface area contributed by atoms with Gasteiger partial charge in [-0.25, -0.2) is 4.98 Å². The molecule has 1 aliphatic rings. The molecule has 0 amide bonds. The van der Waals surface area contributed by atoms with E-state index in [2.05, 4.69) is 31.1 Å². The van der Waals surface area contributed by atoms with Crippen molar-refractivity contribution < 1.29 is 9.47 Å². The minimum absolute atomic E-state index is 0.280. The van der Waals surface area contributed by atoms with Gasteiger partial charge in [0.2, 0.25) is 0 Å². The number of anilines is 1. The first-order valence-electron chi connectivity index (χ1n) is 7.64. The van der Waals surface area contributed by atoms with Gasteiger partial charge in [0.25, 0.3) is 0 Å². The first-order valence-corrected chi connectivity index (χ1v) is 7.64. The summed E-state index contributed by atoms with van der Waals surface area (Å²) in [5.74, 6) is 0.932. The third kappa shape index (κ3) is 4.76. The Labute approximate surface area is 121 Å². The van der Waals surface area contributed by atoms with Crippen LogP contribution in [0.1, 0.15) is 45.7 Å². The fourth-order valence-corrected chi connectivity index (χ4v) is 2.60. The smallest absolute Gasteiger partial charge is 0.126 e. The van der Waals surface area contributed by atoms with Gasteiger partial charge in [-0.15, -0.1) is 0 Å². The van der Waals surface area contributed by atoms with Gasteiger partial charge >= 0.3 is 0 Å². The average Bonchev–Trinajstić information content (AvgIpc) is 2.42. The molecule has 0 aliphatic carbocycles. The predicted octanol–water partition coefficient (Wildman–Crippen LogP) is 3.38. The Hall–Kier alpha value is -1.13. The van der Waals surface area contributed by atoms with Crippen molar-refractivity contribution in [3.8, 4) is 0 Å². The topological polar surface area (TPSA) is 43.4 Å². The lowest BCUT2D eigenvalue weighted by Crippen LogP contribution is -2.34. The van der Waals surface area contributed by atoms with E-state index in [0.29, 0.717) is 6.61 Å². The highest BCUT2D eigenvalue weighted by atomic mass is 16.5. The number of rotatable bonds is 6. The van der Waals surface area contributed by atoms with Crippen molar-refractivity contribution in [2.24, 2.45) is 0 Å². The Morgan fingerprint density at radius 3 is 2.75 bits per heavy atom. The first-order chi connectivity index (χ1) is 9.67. The fourth-order valence-electron chi connectivity index (χ4n) is 2.60. The lowest BCUT2D eigenvalue weighted by atomic mass is 10.0. The molecule has 1 aromatic rings. The van der Waals surface area contributed by atoms with Gasteiger partial charge in [0.05, 0.1) is 30.6 Å². The van der Waals surface area contributed by atoms with E-state index in [-0.39, 0.29) is 18.3 Å². The Morgan fingerprint density at radius 2 is 2.05 bits per heavy atom. The molecule has 2 heterocycles. The summed E-state index contributed by atoms with van der Waals surface area (Å²) < 4.78 is 11.7. The molecule has 4 heteroatoms. The minimum Gasteiger partial charge on any atom is -0.375 e. The summed E-state index contributed by atoms with van der Waals surface area (Å²) in [4.78, 5) is 4.57. The van der Waals surface area contributed by atoms with Crippen molar-refractivity contribution in [3.63, 3.8) is 0 Å². The lowest BCUT2D eigenvalue weighted by Gasteiger charge is -2.31. The maximum atomic E-state index is 6.00. The van der Waals surface area contributed by atoms with Crippen LogP contribution in [-0.4, -0.2) is 29.8 Å². The summed E-state index contributed by atoms with van der Waals surface area (Å²) >= 11 is 0. The molecule has 4 nitrogen and oxygen atoms in total. The molecule has 0 aromatic carbocycles. The van der Waals surface area contributed by atoms with Crippen molar-refractivity contribution in [2.75, 3.05) is 11.9 Å². The quantitative estimate of drug-likeness (QED) is 0.866. The van der Waals surface area contributed by atoms with E-state index in [1.54, 1.807) is 0 Å². The summed E-state index contributed by atoms with van der Waals surface area (Å²) in [6.07, 6.45) is 3.89. The van der Waals surface area contributed by atoms with E-state index < -0.39 is 0 Å². The molecule has 0 spiro atoms. The highest BCUT2D eigenvalue weighted by Crippen LogP contribution is 2.22. The highest BCUT2D eigenvalue weighted by Gasteiger charge is 2.24. The van der Waals surface area contributed by atoms with E-state index in [9.17, 15) is 0 Å². The van der Waals surface area contributed by atoms with Gasteiger partial charge in [-0.1, -0.05) is 13.0 Å². The van der Waals surface area contributed by atoms with E-state index in [1.807, 2.05) is 18.2 Å². The predicted molar refractivity (Wildman–Crippen MR) is 80.8 cm³/mol. The molecular formula is C16H26N2O2. The second-order valence-electron chi connectivity index (χ2n) is 5.60. The van der Waals surface area contributed by atoms with Crippen molar-refractivity contribution in [3.05, 3.63) is 23.9 Å². The van der Waals surface area contributed by atoms with Gasteiger partial charge in [0, 0.05) is 6.54 Å². The molecular weight excluding hydrogens is 252 g/mol. The molecule has 1 aromatic heterocycles. The average molecular weight is 278 g/mol. The van der Waals surface area contributed by atoms with Gasteiger partial charge in [-0.05, 0) is 45.2 Å². The molecule has 1 aliphatic heterocycles. The molecule has 2 rings (SSSR count). The van der Waals surface area contributed by atoms with Crippen LogP contribution in [0.15, 0.2) is 18.2 Å². The van der Waals surface area contributed by atoms with Crippen LogP contribution >= 0.6 is 0 Å². The maximum absolute atomic E-state index is 6.00. The van der Waals surface area contributed by atoms with Crippen LogP contribution < -0.4 is 5.32 Å². The number of hydrogen-bond donors (Lipinski definition) is 1. The molecule has 20 heavy (non-hydrogen) atoms. The van der Waals surface area contributed by atoms with Crippen LogP contribution in [0.2, 0.25) is 0 Å². The maximum Gasteiger partial charge on any atom is 0.126 e. The molecule has 0 bridgehead atoms. The Kier molecular flexibility index (Phi) is 5.80. The standard InChI is InChI=1S/C16H26N2O2/c1-4-8-17-16-7-5-6-14(18-16)11-19-15-9-12(2)20-13(3)10-15/h5-7,12-13,15H,4,8-11H2,1-3H3,(H,17,18). The molecule has 2 unspecified atom stereocenters. The van der Waals surface area contributed by atoms with Crippen molar-refractivity contribution >= 4 is 5.82 Å². The summed E-state index contributed by atoms with van der Waals surface area (Å²) in [5, 5.41) is 3.30. The zero-order chi connectivity index (χ0) is 14.4. The van der Waals surface area contributed by atoms with Crippen LogP contribution in [0.3, 0.4) is 0 Å². The van der Waals surface area contributed by atoms with Crippen molar-refractivity contribution in [1.82, 2.24) is 4.98 Å². The summed E-state index contributed by atoms with van der Waals surface area (Å²) in [5.41, 5.74) is 0.984. The van der Waals surface area contributed by atoms with E-state index in [0.717, 1.165) is 37.3 Å². The first kappa shape index (κ1) is 15.3. The summed E-state index contributed by atoms with van der Waals surface area (Å²) in [6.45, 7) is 7.89. The van der Waals surface area contributed by atoms with Crippen LogP contribution in [-0.2, 0) is 16.1 Å². The highest BCUT2D eigenvalue weighted by molar-refractivity contribution is 5.34. The molecule has 2 atom stereocenters. The van der Waals surface area contributed by atoms with E-state index in [1.165, 1.54) is 0 Å². The Morgan fingerprint density at radius 1 is 1.30 bits per heavy atom. The molecule has 1 fully saturated rings. The number of pyridine rings is 1. The van der Waals surface area contributed by atoms with Gasteiger partial charge in [-0.3, -0.25) is 0 Å². The molecule has 0 radical (unpaired) electrons. The number of hydrogen-bond acceptors (Lipinski definition) is 4. The normalized spacial score (nSPS) is 26.4. The van der Waals surface area contributed by atoms with Crippen LogP contribution in [0, 0.1) is 0 Å². The van der Waals surface area contributed by atoms with Gasteiger partial charge < -0.3 is 14.8 Å². The van der Waals surface area contributed by atoms with Crippen molar-refractivity contribution in [1.29, 1.82) is 0 Å².